The maximum absolute atomic E-state index is 13.0. The summed E-state index contributed by atoms with van der Waals surface area (Å²) in [7, 11) is 0. The number of H-pyrrole nitrogens is 1. The zero-order valence-electron chi connectivity index (χ0n) is 16.0. The van der Waals surface area contributed by atoms with Gasteiger partial charge in [-0.05, 0) is 30.7 Å². The molecule has 30 heavy (non-hydrogen) atoms. The van der Waals surface area contributed by atoms with E-state index < -0.39 is 11.9 Å². The van der Waals surface area contributed by atoms with Crippen molar-refractivity contribution >= 4 is 50.8 Å². The maximum Gasteiger partial charge on any atom is 0.253 e. The first kappa shape index (κ1) is 20.1. The monoisotopic (exact) mass is 439 g/mol. The van der Waals surface area contributed by atoms with Gasteiger partial charge in [-0.15, -0.1) is 10.2 Å². The highest BCUT2D eigenvalue weighted by molar-refractivity contribution is 7.15. The van der Waals surface area contributed by atoms with E-state index in [1.165, 1.54) is 11.3 Å². The number of carbonyl (C=O) groups is 2. The molecular formula is C21H18ClN5O2S. The lowest BCUT2D eigenvalue weighted by Crippen LogP contribution is -2.45. The summed E-state index contributed by atoms with van der Waals surface area (Å²) in [5.41, 5.74) is 2.19. The molecule has 1 atom stereocenters. The first-order valence-corrected chi connectivity index (χ1v) is 10.4. The lowest BCUT2D eigenvalue weighted by molar-refractivity contribution is -0.118. The lowest BCUT2D eigenvalue weighted by Gasteiger charge is -2.18. The normalized spacial score (nSPS) is 11.9. The zero-order chi connectivity index (χ0) is 21.1. The van der Waals surface area contributed by atoms with Crippen molar-refractivity contribution in [2.75, 3.05) is 5.32 Å². The summed E-state index contributed by atoms with van der Waals surface area (Å²) in [6.07, 6.45) is 2.14. The van der Waals surface area contributed by atoms with Crippen LogP contribution >= 0.6 is 22.9 Å². The number of carbonyl (C=O) groups excluding carboxylic acids is 2. The average molecular weight is 440 g/mol. The predicted molar refractivity (Wildman–Crippen MR) is 118 cm³/mol. The van der Waals surface area contributed by atoms with E-state index in [0.717, 1.165) is 21.5 Å². The van der Waals surface area contributed by atoms with E-state index in [2.05, 4.69) is 25.8 Å². The first-order chi connectivity index (χ1) is 14.5. The van der Waals surface area contributed by atoms with Crippen molar-refractivity contribution < 1.29 is 9.59 Å². The van der Waals surface area contributed by atoms with Crippen molar-refractivity contribution in [3.63, 3.8) is 0 Å². The molecule has 0 bridgehead atoms. The van der Waals surface area contributed by atoms with Gasteiger partial charge in [0.1, 0.15) is 11.0 Å². The van der Waals surface area contributed by atoms with Gasteiger partial charge in [-0.2, -0.15) is 0 Å². The molecule has 0 spiro atoms. The summed E-state index contributed by atoms with van der Waals surface area (Å²) in [5.74, 6) is -0.800. The Balaban J connectivity index is 1.60. The SMILES string of the molecule is Cc1nnc(NC(=O)[C@@H](Cc2c[nH]c3ccccc23)NC(=O)c2ccccc2Cl)s1. The number of benzene rings is 2. The highest BCUT2D eigenvalue weighted by Crippen LogP contribution is 2.21. The first-order valence-electron chi connectivity index (χ1n) is 9.22. The van der Waals surface area contributed by atoms with Gasteiger partial charge < -0.3 is 10.3 Å². The molecule has 0 unspecified atom stereocenters. The lowest BCUT2D eigenvalue weighted by atomic mass is 10.0. The molecule has 0 aliphatic heterocycles. The van der Waals surface area contributed by atoms with Crippen LogP contribution in [0.1, 0.15) is 20.9 Å². The van der Waals surface area contributed by atoms with Crippen LogP contribution in [0.2, 0.25) is 5.02 Å². The Morgan fingerprint density at radius 2 is 1.90 bits per heavy atom. The van der Waals surface area contributed by atoms with Crippen LogP contribution in [-0.2, 0) is 11.2 Å². The maximum atomic E-state index is 13.0. The fourth-order valence-electron chi connectivity index (χ4n) is 3.15. The van der Waals surface area contributed by atoms with E-state index in [-0.39, 0.29) is 5.91 Å². The van der Waals surface area contributed by atoms with Crippen LogP contribution < -0.4 is 10.6 Å². The summed E-state index contributed by atoms with van der Waals surface area (Å²) in [6, 6.07) is 13.7. The quantitative estimate of drug-likeness (QED) is 0.423. The summed E-state index contributed by atoms with van der Waals surface area (Å²) in [5, 5.41) is 15.8. The molecule has 0 saturated heterocycles. The molecule has 2 aromatic carbocycles. The second kappa shape index (κ2) is 8.64. The van der Waals surface area contributed by atoms with E-state index in [1.54, 1.807) is 31.2 Å². The summed E-state index contributed by atoms with van der Waals surface area (Å²) in [6.45, 7) is 1.80. The molecule has 9 heteroatoms. The minimum absolute atomic E-state index is 0.295. The second-order valence-corrected chi connectivity index (χ2v) is 8.27. The van der Waals surface area contributed by atoms with E-state index >= 15 is 0 Å². The number of anilines is 1. The smallest absolute Gasteiger partial charge is 0.253 e. The number of aryl methyl sites for hydroxylation is 1. The number of hydrogen-bond donors (Lipinski definition) is 3. The van der Waals surface area contributed by atoms with Crippen molar-refractivity contribution in [1.82, 2.24) is 20.5 Å². The number of para-hydroxylation sites is 1. The molecule has 7 nitrogen and oxygen atoms in total. The molecule has 4 rings (SSSR count). The average Bonchev–Trinajstić information content (AvgIpc) is 3.33. The van der Waals surface area contributed by atoms with Gasteiger partial charge in [0.2, 0.25) is 11.0 Å². The van der Waals surface area contributed by atoms with Crippen LogP contribution in [0, 0.1) is 6.92 Å². The van der Waals surface area contributed by atoms with E-state index in [0.29, 0.717) is 22.1 Å². The molecule has 0 aliphatic carbocycles. The van der Waals surface area contributed by atoms with Crippen LogP contribution in [-0.4, -0.2) is 33.0 Å². The van der Waals surface area contributed by atoms with Crippen LogP contribution in [0.15, 0.2) is 54.7 Å². The fraction of sp³-hybridized carbons (Fsp3) is 0.143. The number of aromatic nitrogens is 3. The Kier molecular flexibility index (Phi) is 5.78. The minimum Gasteiger partial charge on any atom is -0.361 e. The predicted octanol–water partition coefficient (Wildman–Crippen LogP) is 3.96. The fourth-order valence-corrected chi connectivity index (χ4v) is 3.97. The molecular weight excluding hydrogens is 422 g/mol. The number of aromatic amines is 1. The molecule has 3 N–H and O–H groups in total. The standard InChI is InChI=1S/C21H18ClN5O2S/c1-12-26-27-21(30-12)25-20(29)18(24-19(28)15-7-2-4-8-16(15)22)10-13-11-23-17-9-5-3-6-14(13)17/h2-9,11,18,23H,10H2,1H3,(H,24,28)(H,25,27,29)/t18-/m1/s1. The van der Waals surface area contributed by atoms with Crippen molar-refractivity contribution in [2.24, 2.45) is 0 Å². The van der Waals surface area contributed by atoms with Gasteiger partial charge in [-0.25, -0.2) is 0 Å². The molecule has 2 heterocycles. The van der Waals surface area contributed by atoms with Gasteiger partial charge >= 0.3 is 0 Å². The number of halogens is 1. The number of rotatable bonds is 6. The Morgan fingerprint density at radius 3 is 2.67 bits per heavy atom. The molecule has 2 aromatic heterocycles. The Hall–Kier alpha value is -3.23. The van der Waals surface area contributed by atoms with Gasteiger partial charge in [0, 0.05) is 23.5 Å². The topological polar surface area (TPSA) is 99.8 Å². The Bertz CT molecular complexity index is 1220. The third-order valence-electron chi connectivity index (χ3n) is 4.60. The number of nitrogens with zero attached hydrogens (tertiary/aromatic N) is 2. The van der Waals surface area contributed by atoms with Crippen molar-refractivity contribution in [3.05, 3.63) is 75.9 Å². The van der Waals surface area contributed by atoms with Gasteiger partial charge in [0.05, 0.1) is 10.6 Å². The minimum atomic E-state index is -0.836. The highest BCUT2D eigenvalue weighted by atomic mass is 35.5. The van der Waals surface area contributed by atoms with Gasteiger partial charge in [0.15, 0.2) is 0 Å². The van der Waals surface area contributed by atoms with Crippen molar-refractivity contribution in [2.45, 2.75) is 19.4 Å². The second-order valence-electron chi connectivity index (χ2n) is 6.68. The van der Waals surface area contributed by atoms with Crippen LogP contribution in [0.5, 0.6) is 0 Å². The van der Waals surface area contributed by atoms with Crippen LogP contribution in [0.25, 0.3) is 10.9 Å². The number of fused-ring (bicyclic) bond motifs is 1. The van der Waals surface area contributed by atoms with Gasteiger partial charge in [0.25, 0.3) is 5.91 Å². The third-order valence-corrected chi connectivity index (χ3v) is 5.68. The summed E-state index contributed by atoms with van der Waals surface area (Å²) in [4.78, 5) is 29.0. The number of amides is 2. The summed E-state index contributed by atoms with van der Waals surface area (Å²) < 4.78 is 0. The van der Waals surface area contributed by atoms with Crippen LogP contribution in [0.4, 0.5) is 5.13 Å². The molecule has 2 amide bonds. The number of nitrogens with one attached hydrogen (secondary N) is 3. The third kappa shape index (κ3) is 4.34. The molecule has 4 aromatic rings. The van der Waals surface area contributed by atoms with Gasteiger partial charge in [-0.1, -0.05) is 53.3 Å². The van der Waals surface area contributed by atoms with Crippen molar-refractivity contribution in [3.8, 4) is 0 Å². The largest absolute Gasteiger partial charge is 0.361 e. The van der Waals surface area contributed by atoms with E-state index in [4.69, 9.17) is 11.6 Å². The number of hydrogen-bond acceptors (Lipinski definition) is 5. The molecule has 0 aliphatic rings. The molecule has 0 fully saturated rings. The molecule has 152 valence electrons. The highest BCUT2D eigenvalue weighted by Gasteiger charge is 2.25. The van der Waals surface area contributed by atoms with E-state index in [1.807, 2.05) is 30.5 Å². The van der Waals surface area contributed by atoms with Gasteiger partial charge in [-0.3, -0.25) is 14.9 Å². The Morgan fingerprint density at radius 1 is 1.13 bits per heavy atom. The Labute approximate surface area is 181 Å². The molecule has 0 radical (unpaired) electrons. The summed E-state index contributed by atoms with van der Waals surface area (Å²) >= 11 is 7.42. The molecule has 0 saturated carbocycles. The van der Waals surface area contributed by atoms with Crippen LogP contribution in [0.3, 0.4) is 0 Å². The zero-order valence-corrected chi connectivity index (χ0v) is 17.6. The van der Waals surface area contributed by atoms with Crippen molar-refractivity contribution in [1.29, 1.82) is 0 Å². The van der Waals surface area contributed by atoms with E-state index in [9.17, 15) is 9.59 Å².